The van der Waals surface area contributed by atoms with E-state index in [2.05, 4.69) is 17.2 Å². The van der Waals surface area contributed by atoms with Crippen LogP contribution in [0.2, 0.25) is 0 Å². The summed E-state index contributed by atoms with van der Waals surface area (Å²) in [4.78, 5) is 15.7. The third-order valence-electron chi connectivity index (χ3n) is 2.90. The molecule has 13 heavy (non-hydrogen) atoms. The molecule has 1 fully saturated rings. The Labute approximate surface area is 82.6 Å². The fraction of sp³-hybridized carbons (Fsp3) is 0.778. The molecule has 0 aromatic rings. The van der Waals surface area contributed by atoms with Gasteiger partial charge in [0.05, 0.1) is 12.5 Å². The third kappa shape index (κ3) is 1.46. The second kappa shape index (κ2) is 3.29. The van der Waals surface area contributed by atoms with Crippen molar-refractivity contribution >= 4 is 23.2 Å². The Morgan fingerprint density at radius 3 is 3.15 bits per heavy atom. The Balaban J connectivity index is 2.21. The largest absolute Gasteiger partial charge is 0.350 e. The van der Waals surface area contributed by atoms with E-state index in [4.69, 9.17) is 11.6 Å². The number of aliphatic imine (C=N–C) groups is 1. The SMILES string of the molecule is CCC1CC2C(=O)NCC2=NC1Cl. The van der Waals surface area contributed by atoms with Crippen LogP contribution in [-0.2, 0) is 4.79 Å². The summed E-state index contributed by atoms with van der Waals surface area (Å²) in [5.41, 5.74) is 0.832. The predicted octanol–water partition coefficient (Wildman–Crippen LogP) is 1.17. The van der Waals surface area contributed by atoms with Gasteiger partial charge in [0.25, 0.3) is 0 Å². The number of hydrogen-bond donors (Lipinski definition) is 1. The van der Waals surface area contributed by atoms with E-state index in [1.165, 1.54) is 0 Å². The average molecular weight is 201 g/mol. The predicted molar refractivity (Wildman–Crippen MR) is 52.0 cm³/mol. The van der Waals surface area contributed by atoms with Crippen molar-refractivity contribution in [3.05, 3.63) is 0 Å². The number of nitrogens with zero attached hydrogens (tertiary/aromatic N) is 1. The van der Waals surface area contributed by atoms with Crippen molar-refractivity contribution in [2.24, 2.45) is 16.8 Å². The highest BCUT2D eigenvalue weighted by Crippen LogP contribution is 2.31. The molecular weight excluding hydrogens is 188 g/mol. The topological polar surface area (TPSA) is 41.5 Å². The number of carbonyl (C=O) groups is 1. The fourth-order valence-corrected chi connectivity index (χ4v) is 2.40. The molecule has 0 saturated carbocycles. The molecule has 0 aromatic carbocycles. The van der Waals surface area contributed by atoms with Crippen LogP contribution in [0.3, 0.4) is 0 Å². The van der Waals surface area contributed by atoms with Crippen molar-refractivity contribution in [2.45, 2.75) is 25.3 Å². The van der Waals surface area contributed by atoms with E-state index in [0.717, 1.165) is 18.6 Å². The van der Waals surface area contributed by atoms with Gasteiger partial charge in [-0.15, -0.1) is 0 Å². The van der Waals surface area contributed by atoms with E-state index in [0.29, 0.717) is 12.5 Å². The summed E-state index contributed by atoms with van der Waals surface area (Å²) in [7, 11) is 0. The molecule has 0 aromatic heterocycles. The van der Waals surface area contributed by atoms with E-state index in [9.17, 15) is 4.79 Å². The Morgan fingerprint density at radius 2 is 2.46 bits per heavy atom. The number of halogens is 1. The van der Waals surface area contributed by atoms with Gasteiger partial charge in [0, 0.05) is 5.71 Å². The Kier molecular flexibility index (Phi) is 2.28. The standard InChI is InChI=1S/C9H13ClN2O/c1-2-5-3-6-7(12-8(5)10)4-11-9(6)13/h5-6,8H,2-4H2,1H3,(H,11,13). The molecule has 3 atom stereocenters. The molecule has 3 nitrogen and oxygen atoms in total. The Bertz CT molecular complexity index is 264. The van der Waals surface area contributed by atoms with E-state index < -0.39 is 0 Å². The van der Waals surface area contributed by atoms with Gasteiger partial charge < -0.3 is 5.32 Å². The molecule has 3 unspecified atom stereocenters. The number of nitrogens with one attached hydrogen (secondary N) is 1. The van der Waals surface area contributed by atoms with Crippen LogP contribution in [0.25, 0.3) is 0 Å². The first-order valence-corrected chi connectivity index (χ1v) is 5.14. The minimum absolute atomic E-state index is 0.0138. The van der Waals surface area contributed by atoms with Gasteiger partial charge in [0.1, 0.15) is 5.50 Å². The number of rotatable bonds is 1. The van der Waals surface area contributed by atoms with Gasteiger partial charge in [-0.05, 0) is 12.3 Å². The summed E-state index contributed by atoms with van der Waals surface area (Å²) in [6, 6.07) is 0. The molecule has 0 radical (unpaired) electrons. The van der Waals surface area contributed by atoms with Crippen molar-refractivity contribution in [3.8, 4) is 0 Å². The summed E-state index contributed by atoms with van der Waals surface area (Å²) < 4.78 is 0. The molecule has 72 valence electrons. The van der Waals surface area contributed by atoms with Gasteiger partial charge in [-0.3, -0.25) is 9.79 Å². The van der Waals surface area contributed by atoms with Crippen molar-refractivity contribution in [3.63, 3.8) is 0 Å². The molecule has 2 aliphatic rings. The molecule has 0 bridgehead atoms. The van der Waals surface area contributed by atoms with Crippen LogP contribution in [0.1, 0.15) is 19.8 Å². The van der Waals surface area contributed by atoms with E-state index >= 15 is 0 Å². The summed E-state index contributed by atoms with van der Waals surface area (Å²) >= 11 is 6.07. The summed E-state index contributed by atoms with van der Waals surface area (Å²) in [5, 5.41) is 2.80. The van der Waals surface area contributed by atoms with E-state index in [1.807, 2.05) is 0 Å². The average Bonchev–Trinajstić information content (AvgIpc) is 2.46. The summed E-state index contributed by atoms with van der Waals surface area (Å²) in [6.07, 6.45) is 1.87. The van der Waals surface area contributed by atoms with E-state index in [-0.39, 0.29) is 17.3 Å². The van der Waals surface area contributed by atoms with Gasteiger partial charge in [-0.25, -0.2) is 0 Å². The number of alkyl halides is 1. The van der Waals surface area contributed by atoms with Crippen LogP contribution in [-0.4, -0.2) is 23.7 Å². The first kappa shape index (κ1) is 9.00. The Morgan fingerprint density at radius 1 is 1.69 bits per heavy atom. The fourth-order valence-electron chi connectivity index (χ4n) is 1.99. The number of hydrogen-bond acceptors (Lipinski definition) is 2. The van der Waals surface area contributed by atoms with Crippen LogP contribution in [0.4, 0.5) is 0 Å². The Hall–Kier alpha value is -0.570. The third-order valence-corrected chi connectivity index (χ3v) is 3.36. The second-order valence-corrected chi connectivity index (χ2v) is 4.11. The highest BCUT2D eigenvalue weighted by Gasteiger charge is 2.38. The second-order valence-electron chi connectivity index (χ2n) is 3.67. The molecule has 2 heterocycles. The van der Waals surface area contributed by atoms with Crippen LogP contribution >= 0.6 is 11.6 Å². The first-order chi connectivity index (χ1) is 6.22. The minimum atomic E-state index is -0.121. The lowest BCUT2D eigenvalue weighted by Gasteiger charge is -2.26. The first-order valence-electron chi connectivity index (χ1n) is 4.70. The zero-order chi connectivity index (χ0) is 9.42. The maximum atomic E-state index is 11.3. The van der Waals surface area contributed by atoms with Crippen molar-refractivity contribution in [1.29, 1.82) is 0 Å². The number of fused-ring (bicyclic) bond motifs is 1. The monoisotopic (exact) mass is 200 g/mol. The lowest BCUT2D eigenvalue weighted by atomic mass is 9.87. The van der Waals surface area contributed by atoms with Gasteiger partial charge in [0.15, 0.2) is 0 Å². The number of amides is 1. The molecule has 0 spiro atoms. The van der Waals surface area contributed by atoms with Crippen LogP contribution in [0.5, 0.6) is 0 Å². The normalized spacial score (nSPS) is 38.2. The quantitative estimate of drug-likeness (QED) is 0.501. The zero-order valence-corrected chi connectivity index (χ0v) is 8.34. The maximum Gasteiger partial charge on any atom is 0.229 e. The van der Waals surface area contributed by atoms with Gasteiger partial charge in [-0.1, -0.05) is 24.9 Å². The van der Waals surface area contributed by atoms with Crippen molar-refractivity contribution < 1.29 is 4.79 Å². The molecule has 1 saturated heterocycles. The smallest absolute Gasteiger partial charge is 0.229 e. The molecule has 2 aliphatic heterocycles. The van der Waals surface area contributed by atoms with Gasteiger partial charge >= 0.3 is 0 Å². The molecule has 0 aliphatic carbocycles. The van der Waals surface area contributed by atoms with Crippen molar-refractivity contribution in [2.75, 3.05) is 6.54 Å². The maximum absolute atomic E-state index is 11.3. The minimum Gasteiger partial charge on any atom is -0.350 e. The van der Waals surface area contributed by atoms with Crippen LogP contribution < -0.4 is 5.32 Å². The molecule has 2 rings (SSSR count). The summed E-state index contributed by atoms with van der Waals surface area (Å²) in [6.45, 7) is 2.69. The zero-order valence-electron chi connectivity index (χ0n) is 7.59. The lowest BCUT2D eigenvalue weighted by Crippen LogP contribution is -2.30. The van der Waals surface area contributed by atoms with E-state index in [1.54, 1.807) is 0 Å². The van der Waals surface area contributed by atoms with Crippen LogP contribution in [0.15, 0.2) is 4.99 Å². The molecule has 1 N–H and O–H groups in total. The highest BCUT2D eigenvalue weighted by molar-refractivity contribution is 6.22. The molecule has 4 heteroatoms. The summed E-state index contributed by atoms with van der Waals surface area (Å²) in [5.74, 6) is 0.500. The van der Waals surface area contributed by atoms with Crippen molar-refractivity contribution in [1.82, 2.24) is 5.32 Å². The molecular formula is C9H13ClN2O. The number of carbonyl (C=O) groups excluding carboxylic acids is 1. The van der Waals surface area contributed by atoms with Gasteiger partial charge in [-0.2, -0.15) is 0 Å². The lowest BCUT2D eigenvalue weighted by molar-refractivity contribution is -0.122. The highest BCUT2D eigenvalue weighted by atomic mass is 35.5. The van der Waals surface area contributed by atoms with Gasteiger partial charge in [0.2, 0.25) is 5.91 Å². The van der Waals surface area contributed by atoms with Crippen LogP contribution in [0, 0.1) is 11.8 Å². The molecule has 1 amide bonds.